The molecule has 180 valence electrons. The second-order valence-electron chi connectivity index (χ2n) is 9.07. The molecule has 0 amide bonds. The fourth-order valence-electron chi connectivity index (χ4n) is 4.71. The van der Waals surface area contributed by atoms with E-state index in [2.05, 4.69) is 11.8 Å². The Bertz CT molecular complexity index is 1350. The number of halogens is 3. The molecular weight excluding hydrogens is 447 g/mol. The Morgan fingerprint density at radius 2 is 1.88 bits per heavy atom. The molecule has 3 aromatic rings. The molecule has 1 aliphatic heterocycles. The van der Waals surface area contributed by atoms with Gasteiger partial charge in [0.05, 0.1) is 22.3 Å². The Balaban J connectivity index is 1.97. The van der Waals surface area contributed by atoms with E-state index in [4.69, 9.17) is 0 Å². The number of benzene rings is 2. The van der Waals surface area contributed by atoms with Crippen LogP contribution in [0.15, 0.2) is 35.3 Å². The van der Waals surface area contributed by atoms with Crippen molar-refractivity contribution in [2.24, 2.45) is 5.92 Å². The van der Waals surface area contributed by atoms with Crippen molar-refractivity contribution in [1.82, 2.24) is 9.47 Å². The Labute approximate surface area is 194 Å². The summed E-state index contributed by atoms with van der Waals surface area (Å²) in [6.07, 6.45) is 1.86. The number of anilines is 1. The average molecular weight is 473 g/mol. The van der Waals surface area contributed by atoms with Crippen LogP contribution in [0, 0.1) is 30.3 Å². The van der Waals surface area contributed by atoms with Crippen LogP contribution in [-0.4, -0.2) is 53.8 Å². The molecule has 2 atom stereocenters. The van der Waals surface area contributed by atoms with Gasteiger partial charge in [0.2, 0.25) is 5.43 Å². The highest BCUT2D eigenvalue weighted by molar-refractivity contribution is 5.95. The van der Waals surface area contributed by atoms with Crippen LogP contribution in [0.1, 0.15) is 29.3 Å². The minimum absolute atomic E-state index is 0.0130. The SMILES string of the molecule is Cc1c(F)c(N2CC[C@H]([C@@H](C)N(C)C)C2)cc2c1c(=O)c(C(=O)O)cn2-c1ccc(F)cc1F. The van der Waals surface area contributed by atoms with Gasteiger partial charge in [0, 0.05) is 37.0 Å². The molecule has 1 N–H and O–H groups in total. The number of fused-ring (bicyclic) bond motifs is 1. The summed E-state index contributed by atoms with van der Waals surface area (Å²) in [5, 5.41) is 9.40. The number of carboxylic acids is 1. The number of pyridine rings is 1. The molecule has 34 heavy (non-hydrogen) atoms. The van der Waals surface area contributed by atoms with Gasteiger partial charge < -0.3 is 19.5 Å². The highest BCUT2D eigenvalue weighted by atomic mass is 19.1. The van der Waals surface area contributed by atoms with E-state index in [1.54, 1.807) is 0 Å². The molecule has 6 nitrogen and oxygen atoms in total. The number of hydrogen-bond donors (Lipinski definition) is 1. The molecule has 1 saturated heterocycles. The molecule has 1 aliphatic rings. The first-order valence-electron chi connectivity index (χ1n) is 11.0. The van der Waals surface area contributed by atoms with Gasteiger partial charge >= 0.3 is 5.97 Å². The van der Waals surface area contributed by atoms with E-state index in [0.717, 1.165) is 24.8 Å². The maximum absolute atomic E-state index is 15.6. The maximum atomic E-state index is 15.6. The summed E-state index contributed by atoms with van der Waals surface area (Å²) in [4.78, 5) is 28.7. The molecule has 0 radical (unpaired) electrons. The third-order valence-electron chi connectivity index (χ3n) is 6.91. The molecule has 0 unspecified atom stereocenters. The molecule has 0 spiro atoms. The minimum Gasteiger partial charge on any atom is -0.477 e. The van der Waals surface area contributed by atoms with Crippen LogP contribution >= 0.6 is 0 Å². The van der Waals surface area contributed by atoms with Crippen LogP contribution in [-0.2, 0) is 0 Å². The van der Waals surface area contributed by atoms with E-state index in [-0.39, 0.29) is 33.9 Å². The predicted octanol–water partition coefficient (Wildman–Crippen LogP) is 4.19. The smallest absolute Gasteiger partial charge is 0.341 e. The Morgan fingerprint density at radius 1 is 1.18 bits per heavy atom. The number of aryl methyl sites for hydroxylation is 1. The van der Waals surface area contributed by atoms with Gasteiger partial charge in [0.1, 0.15) is 23.0 Å². The zero-order chi connectivity index (χ0) is 24.9. The zero-order valence-electron chi connectivity index (χ0n) is 19.4. The van der Waals surface area contributed by atoms with Gasteiger partial charge in [0.25, 0.3) is 0 Å². The molecule has 0 bridgehead atoms. The Hall–Kier alpha value is -3.33. The lowest BCUT2D eigenvalue weighted by Crippen LogP contribution is -2.34. The van der Waals surface area contributed by atoms with Crippen molar-refractivity contribution in [2.45, 2.75) is 26.3 Å². The van der Waals surface area contributed by atoms with Gasteiger partial charge in [0.15, 0.2) is 0 Å². The number of aromatic nitrogens is 1. The summed E-state index contributed by atoms with van der Waals surface area (Å²) < 4.78 is 45.0. The number of hydrogen-bond acceptors (Lipinski definition) is 4. The third-order valence-corrected chi connectivity index (χ3v) is 6.91. The summed E-state index contributed by atoms with van der Waals surface area (Å²) in [6.45, 7) is 4.73. The zero-order valence-corrected chi connectivity index (χ0v) is 19.4. The predicted molar refractivity (Wildman–Crippen MR) is 125 cm³/mol. The molecule has 1 fully saturated rings. The van der Waals surface area contributed by atoms with Crippen LogP contribution in [0.5, 0.6) is 0 Å². The number of nitrogens with zero attached hydrogens (tertiary/aromatic N) is 3. The van der Waals surface area contributed by atoms with Gasteiger partial charge in [-0.1, -0.05) is 0 Å². The first-order chi connectivity index (χ1) is 16.0. The molecule has 9 heteroatoms. The van der Waals surface area contributed by atoms with Crippen LogP contribution in [0.2, 0.25) is 0 Å². The molecule has 4 rings (SSSR count). The summed E-state index contributed by atoms with van der Waals surface area (Å²) in [5.74, 6) is -3.57. The maximum Gasteiger partial charge on any atom is 0.341 e. The lowest BCUT2D eigenvalue weighted by Gasteiger charge is -2.27. The molecule has 2 aromatic carbocycles. The van der Waals surface area contributed by atoms with Crippen LogP contribution in [0.25, 0.3) is 16.6 Å². The quantitative estimate of drug-likeness (QED) is 0.602. The van der Waals surface area contributed by atoms with Crippen molar-refractivity contribution in [3.8, 4) is 5.69 Å². The third kappa shape index (κ3) is 3.94. The minimum atomic E-state index is -1.52. The van der Waals surface area contributed by atoms with Crippen molar-refractivity contribution in [2.75, 3.05) is 32.1 Å². The topological polar surface area (TPSA) is 65.8 Å². The van der Waals surface area contributed by atoms with Gasteiger partial charge in [-0.25, -0.2) is 18.0 Å². The Morgan fingerprint density at radius 3 is 2.50 bits per heavy atom. The van der Waals surface area contributed by atoms with E-state index >= 15 is 4.39 Å². The van der Waals surface area contributed by atoms with Gasteiger partial charge in [-0.15, -0.1) is 0 Å². The molecular formula is C25H26F3N3O3. The van der Waals surface area contributed by atoms with Crippen LogP contribution in [0.4, 0.5) is 18.9 Å². The highest BCUT2D eigenvalue weighted by Crippen LogP contribution is 2.34. The van der Waals surface area contributed by atoms with Gasteiger partial charge in [-0.3, -0.25) is 4.79 Å². The average Bonchev–Trinajstić information content (AvgIpc) is 3.25. The van der Waals surface area contributed by atoms with Crippen LogP contribution in [0.3, 0.4) is 0 Å². The van der Waals surface area contributed by atoms with Crippen molar-refractivity contribution in [3.63, 3.8) is 0 Å². The normalized spacial score (nSPS) is 17.1. The summed E-state index contributed by atoms with van der Waals surface area (Å²) in [6, 6.07) is 4.59. The monoisotopic (exact) mass is 473 g/mol. The van der Waals surface area contributed by atoms with Gasteiger partial charge in [-0.2, -0.15) is 0 Å². The molecule has 0 saturated carbocycles. The lowest BCUT2D eigenvalue weighted by atomic mass is 10.00. The van der Waals surface area contributed by atoms with E-state index in [9.17, 15) is 23.5 Å². The number of carbonyl (C=O) groups is 1. The summed E-state index contributed by atoms with van der Waals surface area (Å²) in [7, 11) is 3.98. The highest BCUT2D eigenvalue weighted by Gasteiger charge is 2.31. The van der Waals surface area contributed by atoms with Crippen molar-refractivity contribution < 1.29 is 23.1 Å². The Kier molecular flexibility index (Phi) is 6.16. The van der Waals surface area contributed by atoms with Crippen molar-refractivity contribution in [1.29, 1.82) is 0 Å². The van der Waals surface area contributed by atoms with Gasteiger partial charge in [-0.05, 0) is 58.5 Å². The van der Waals surface area contributed by atoms with Crippen molar-refractivity contribution >= 4 is 22.6 Å². The van der Waals surface area contributed by atoms with E-state index in [1.165, 1.54) is 17.6 Å². The first-order valence-corrected chi connectivity index (χ1v) is 11.0. The largest absolute Gasteiger partial charge is 0.477 e. The summed E-state index contributed by atoms with van der Waals surface area (Å²) >= 11 is 0. The number of carboxylic acid groups (broad SMARTS) is 1. The van der Waals surface area contributed by atoms with E-state index < -0.39 is 34.4 Å². The molecule has 0 aliphatic carbocycles. The van der Waals surface area contributed by atoms with Crippen LogP contribution < -0.4 is 10.3 Å². The molecule has 1 aromatic heterocycles. The van der Waals surface area contributed by atoms with Crippen molar-refractivity contribution in [3.05, 3.63) is 69.3 Å². The lowest BCUT2D eigenvalue weighted by molar-refractivity contribution is 0.0695. The standard InChI is InChI=1S/C25H26F3N3O3/c1-13-22-20(10-21(23(13)28)30-8-7-15(11-30)14(2)29(3)4)31(12-17(24(22)32)25(33)34)19-6-5-16(26)9-18(19)27/h5-6,9-10,12,14-15H,7-8,11H2,1-4H3,(H,33,34)/t14-,15+/m1/s1. The van der Waals surface area contributed by atoms with E-state index in [0.29, 0.717) is 25.1 Å². The number of aromatic carboxylic acids is 1. The summed E-state index contributed by atoms with van der Waals surface area (Å²) in [5.41, 5.74) is -1.24. The van der Waals surface area contributed by atoms with E-state index in [1.807, 2.05) is 19.0 Å². The first kappa shape index (κ1) is 23.8. The molecule has 2 heterocycles. The number of rotatable bonds is 5. The second-order valence-corrected chi connectivity index (χ2v) is 9.07. The fraction of sp³-hybridized carbons (Fsp3) is 0.360. The second kappa shape index (κ2) is 8.79. The fourth-order valence-corrected chi connectivity index (χ4v) is 4.71.